The summed E-state index contributed by atoms with van der Waals surface area (Å²) < 4.78 is 18.7. The Bertz CT molecular complexity index is 1940. The van der Waals surface area contributed by atoms with Crippen LogP contribution < -0.4 is 19.8 Å². The van der Waals surface area contributed by atoms with E-state index in [-0.39, 0.29) is 5.04 Å². The van der Waals surface area contributed by atoms with Crippen molar-refractivity contribution >= 4 is 24.7 Å². The Hall–Kier alpha value is -4.96. The molecule has 0 saturated heterocycles. The molecule has 0 N–H and O–H groups in total. The number of benzene rings is 5. The Morgan fingerprint density at radius 1 is 0.611 bits per heavy atom. The topological polar surface area (TPSA) is 68.5 Å². The molecule has 0 radical (unpaired) electrons. The largest absolute Gasteiger partial charge is 0.494 e. The van der Waals surface area contributed by atoms with Crippen LogP contribution in [0.15, 0.2) is 121 Å². The van der Waals surface area contributed by atoms with Crippen molar-refractivity contribution in [1.82, 2.24) is 0 Å². The smallest absolute Gasteiger partial charge is 0.343 e. The SMILES string of the molecule is Cc1cc(C#N)ccc1-c1ccc(OC(=O)c2ccc(OCCCCCCCCCCO[Si](c3ccccc3)(c3ccccc3)C(C)(C)C)cc2)cc1C. The summed E-state index contributed by atoms with van der Waals surface area (Å²) >= 11 is 0. The normalized spacial score (nSPS) is 11.6. The molecule has 5 aromatic carbocycles. The zero-order chi connectivity index (χ0) is 38.4. The van der Waals surface area contributed by atoms with Crippen LogP contribution >= 0.6 is 0 Å². The molecule has 0 aliphatic carbocycles. The molecule has 0 saturated carbocycles. The fraction of sp³-hybridized carbons (Fsp3) is 0.333. The van der Waals surface area contributed by atoms with Crippen LogP contribution in [0, 0.1) is 25.2 Å². The first kappa shape index (κ1) is 40.2. The predicted octanol–water partition coefficient (Wildman–Crippen LogP) is 11.1. The molecule has 0 amide bonds. The van der Waals surface area contributed by atoms with Gasteiger partial charge in [0.1, 0.15) is 11.5 Å². The Labute approximate surface area is 324 Å². The van der Waals surface area contributed by atoms with Gasteiger partial charge in [-0.05, 0) is 113 Å². The molecule has 0 spiro atoms. The third kappa shape index (κ3) is 10.4. The van der Waals surface area contributed by atoms with E-state index in [0.717, 1.165) is 53.9 Å². The van der Waals surface area contributed by atoms with Gasteiger partial charge < -0.3 is 13.9 Å². The molecule has 5 rings (SSSR count). The third-order valence-corrected chi connectivity index (χ3v) is 15.2. The summed E-state index contributed by atoms with van der Waals surface area (Å²) in [5.74, 6) is 0.841. The minimum atomic E-state index is -2.45. The van der Waals surface area contributed by atoms with E-state index >= 15 is 0 Å². The van der Waals surface area contributed by atoms with Crippen molar-refractivity contribution in [3.63, 3.8) is 0 Å². The molecule has 0 aliphatic heterocycles. The maximum atomic E-state index is 12.9. The van der Waals surface area contributed by atoms with Crippen molar-refractivity contribution in [1.29, 1.82) is 5.26 Å². The minimum Gasteiger partial charge on any atom is -0.494 e. The van der Waals surface area contributed by atoms with Gasteiger partial charge in [0.15, 0.2) is 0 Å². The first-order valence-corrected chi connectivity index (χ1v) is 21.3. The maximum absolute atomic E-state index is 12.9. The van der Waals surface area contributed by atoms with Crippen LogP contribution in [0.3, 0.4) is 0 Å². The molecule has 280 valence electrons. The van der Waals surface area contributed by atoms with E-state index in [1.54, 1.807) is 12.1 Å². The number of aryl methyl sites for hydroxylation is 2. The number of hydrogen-bond donors (Lipinski definition) is 0. The van der Waals surface area contributed by atoms with Gasteiger partial charge in [-0.25, -0.2) is 4.79 Å². The van der Waals surface area contributed by atoms with Crippen molar-refractivity contribution in [2.24, 2.45) is 0 Å². The number of carbonyl (C=O) groups is 1. The maximum Gasteiger partial charge on any atom is 0.343 e. The van der Waals surface area contributed by atoms with Gasteiger partial charge in [0.25, 0.3) is 8.32 Å². The van der Waals surface area contributed by atoms with Gasteiger partial charge in [0.05, 0.1) is 23.8 Å². The van der Waals surface area contributed by atoms with E-state index in [0.29, 0.717) is 23.5 Å². The van der Waals surface area contributed by atoms with Crippen LogP contribution in [-0.2, 0) is 4.43 Å². The molecular formula is C48H55NO4Si. The molecule has 6 heteroatoms. The van der Waals surface area contributed by atoms with E-state index < -0.39 is 14.3 Å². The molecule has 5 nitrogen and oxygen atoms in total. The number of unbranched alkanes of at least 4 members (excludes halogenated alkanes) is 7. The highest BCUT2D eigenvalue weighted by atomic mass is 28.4. The van der Waals surface area contributed by atoms with Gasteiger partial charge >= 0.3 is 5.97 Å². The molecule has 0 atom stereocenters. The van der Waals surface area contributed by atoms with Gasteiger partial charge in [-0.15, -0.1) is 0 Å². The average Bonchev–Trinajstić information content (AvgIpc) is 3.17. The van der Waals surface area contributed by atoms with E-state index in [1.165, 1.54) is 42.5 Å². The molecule has 0 aromatic heterocycles. The molecule has 0 fully saturated rings. The second kappa shape index (κ2) is 19.4. The molecule has 0 bridgehead atoms. The van der Waals surface area contributed by atoms with Crippen LogP contribution in [-0.4, -0.2) is 27.5 Å². The first-order valence-electron chi connectivity index (χ1n) is 19.4. The minimum absolute atomic E-state index is 0.0143. The fourth-order valence-electron chi connectivity index (χ4n) is 7.33. The van der Waals surface area contributed by atoms with E-state index in [9.17, 15) is 10.1 Å². The highest BCUT2D eigenvalue weighted by Crippen LogP contribution is 2.37. The third-order valence-electron chi connectivity index (χ3n) is 10.2. The van der Waals surface area contributed by atoms with Crippen LogP contribution in [0.4, 0.5) is 0 Å². The second-order valence-electron chi connectivity index (χ2n) is 15.2. The van der Waals surface area contributed by atoms with E-state index in [2.05, 4.69) is 87.5 Å². The zero-order valence-corrected chi connectivity index (χ0v) is 33.7. The number of esters is 1. The number of hydrogen-bond acceptors (Lipinski definition) is 5. The zero-order valence-electron chi connectivity index (χ0n) is 32.7. The van der Waals surface area contributed by atoms with Gasteiger partial charge in [-0.1, -0.05) is 132 Å². The van der Waals surface area contributed by atoms with E-state index in [1.807, 2.05) is 62.4 Å². The van der Waals surface area contributed by atoms with Crippen molar-refractivity contribution < 1.29 is 18.7 Å². The van der Waals surface area contributed by atoms with Crippen LogP contribution in [0.25, 0.3) is 11.1 Å². The quantitative estimate of drug-likeness (QED) is 0.0388. The fourth-order valence-corrected chi connectivity index (χ4v) is 11.9. The number of ether oxygens (including phenoxy) is 2. The summed E-state index contributed by atoms with van der Waals surface area (Å²) in [6.45, 7) is 12.5. The monoisotopic (exact) mass is 737 g/mol. The summed E-state index contributed by atoms with van der Waals surface area (Å²) in [6, 6.07) is 42.4. The van der Waals surface area contributed by atoms with Gasteiger partial charge in [-0.2, -0.15) is 5.26 Å². The average molecular weight is 738 g/mol. The van der Waals surface area contributed by atoms with Gasteiger partial charge in [0, 0.05) is 6.61 Å². The molecule has 0 unspecified atom stereocenters. The summed E-state index contributed by atoms with van der Waals surface area (Å²) in [4.78, 5) is 12.9. The van der Waals surface area contributed by atoms with Gasteiger partial charge in [0.2, 0.25) is 0 Å². The lowest BCUT2D eigenvalue weighted by Crippen LogP contribution is -2.66. The Balaban J connectivity index is 0.966. The first-order chi connectivity index (χ1) is 26.1. The van der Waals surface area contributed by atoms with Crippen molar-refractivity contribution in [3.8, 4) is 28.7 Å². The van der Waals surface area contributed by atoms with Crippen molar-refractivity contribution in [2.75, 3.05) is 13.2 Å². The highest BCUT2D eigenvalue weighted by Gasteiger charge is 2.49. The molecule has 5 aromatic rings. The van der Waals surface area contributed by atoms with Crippen molar-refractivity contribution in [3.05, 3.63) is 144 Å². The molecule has 54 heavy (non-hydrogen) atoms. The summed E-state index contributed by atoms with van der Waals surface area (Å²) in [5, 5.41) is 11.9. The predicted molar refractivity (Wildman–Crippen MR) is 223 cm³/mol. The standard InChI is InChI=1S/C48H55NO4Si/c1-37-34-39(36-49)24-30-45(37)46-31-29-42(35-38(46)2)53-47(50)40-25-27-41(28-26-40)51-32-18-10-8-6-7-9-11-19-33-52-54(48(3,4)5,43-20-14-12-15-21-43)44-22-16-13-17-23-44/h12-17,20-31,34-35H,6-11,18-19,32-33H2,1-5H3. The van der Waals surface area contributed by atoms with Crippen molar-refractivity contribution in [2.45, 2.75) is 91.0 Å². The summed E-state index contributed by atoms with van der Waals surface area (Å²) in [6.07, 6.45) is 9.36. The van der Waals surface area contributed by atoms with Crippen LogP contribution in [0.2, 0.25) is 5.04 Å². The lowest BCUT2D eigenvalue weighted by molar-refractivity contribution is 0.0734. The molecule has 0 heterocycles. The Kier molecular flexibility index (Phi) is 14.4. The number of nitriles is 1. The molecule has 0 aliphatic rings. The number of carbonyl (C=O) groups excluding carboxylic acids is 1. The Morgan fingerprint density at radius 3 is 1.63 bits per heavy atom. The summed E-state index contributed by atoms with van der Waals surface area (Å²) in [7, 11) is -2.45. The lowest BCUT2D eigenvalue weighted by Gasteiger charge is -2.43. The van der Waals surface area contributed by atoms with E-state index in [4.69, 9.17) is 13.9 Å². The highest BCUT2D eigenvalue weighted by molar-refractivity contribution is 6.99. The van der Waals surface area contributed by atoms with Gasteiger partial charge in [-0.3, -0.25) is 0 Å². The Morgan fingerprint density at radius 2 is 1.11 bits per heavy atom. The molecular weight excluding hydrogens is 683 g/mol. The lowest BCUT2D eigenvalue weighted by atomic mass is 9.95. The van der Waals surface area contributed by atoms with Crippen LogP contribution in [0.1, 0.15) is 99.2 Å². The number of nitrogens with zero attached hydrogens (tertiary/aromatic N) is 1. The van der Waals surface area contributed by atoms with Crippen LogP contribution in [0.5, 0.6) is 11.5 Å². The second-order valence-corrected chi connectivity index (χ2v) is 19.5. The number of rotatable bonds is 18. The summed E-state index contributed by atoms with van der Waals surface area (Å²) in [5.41, 5.74) is 5.23.